The molecule has 0 aliphatic heterocycles. The molecule has 15 heavy (non-hydrogen) atoms. The molecular weight excluding hydrogens is 214 g/mol. The van der Waals surface area contributed by atoms with E-state index in [4.69, 9.17) is 26.3 Å². The van der Waals surface area contributed by atoms with Crippen LogP contribution in [0.25, 0.3) is 5.03 Å². The third-order valence-electron chi connectivity index (χ3n) is 1.86. The van der Waals surface area contributed by atoms with Gasteiger partial charge in [0.25, 0.3) is 0 Å². The molecule has 0 radical (unpaired) electrons. The van der Waals surface area contributed by atoms with E-state index in [0.29, 0.717) is 22.1 Å². The van der Waals surface area contributed by atoms with Crippen LogP contribution in [-0.4, -0.2) is 14.2 Å². The minimum atomic E-state index is 0.298. The Hall–Kier alpha value is -1.66. The summed E-state index contributed by atoms with van der Waals surface area (Å²) in [6.45, 7) is 0. The molecule has 78 valence electrons. The number of nitriles is 1. The number of ether oxygens (including phenoxy) is 2. The molecule has 0 bridgehead atoms. The van der Waals surface area contributed by atoms with Gasteiger partial charge >= 0.3 is 0 Å². The van der Waals surface area contributed by atoms with Crippen molar-refractivity contribution in [1.82, 2.24) is 0 Å². The summed E-state index contributed by atoms with van der Waals surface area (Å²) in [5, 5.41) is 8.83. The minimum absolute atomic E-state index is 0.298. The molecule has 0 aromatic heterocycles. The SMILES string of the molecule is COc1cccc(OC)c1/C(Cl)=C/C#N. The predicted molar refractivity (Wildman–Crippen MR) is 59.0 cm³/mol. The van der Waals surface area contributed by atoms with Gasteiger partial charge in [0, 0.05) is 6.08 Å². The van der Waals surface area contributed by atoms with Crippen molar-refractivity contribution >= 4 is 16.6 Å². The third kappa shape index (κ3) is 2.42. The topological polar surface area (TPSA) is 42.2 Å². The number of allylic oxidation sites excluding steroid dienone is 1. The van der Waals surface area contributed by atoms with Crippen molar-refractivity contribution in [3.63, 3.8) is 0 Å². The summed E-state index contributed by atoms with van der Waals surface area (Å²) < 4.78 is 10.3. The van der Waals surface area contributed by atoms with Crippen LogP contribution in [0.15, 0.2) is 24.3 Å². The van der Waals surface area contributed by atoms with E-state index in [0.717, 1.165) is 0 Å². The predicted octanol–water partition coefficient (Wildman–Crippen LogP) is 2.81. The highest BCUT2D eigenvalue weighted by molar-refractivity contribution is 6.49. The summed E-state index contributed by atoms with van der Waals surface area (Å²) in [7, 11) is 3.07. The van der Waals surface area contributed by atoms with Crippen LogP contribution in [0.3, 0.4) is 0 Å². The Balaban J connectivity index is 3.36. The molecule has 0 spiro atoms. The maximum absolute atomic E-state index is 8.53. The van der Waals surface area contributed by atoms with Crippen molar-refractivity contribution in [2.24, 2.45) is 0 Å². The fourth-order valence-electron chi connectivity index (χ4n) is 1.22. The number of hydrogen-bond donors (Lipinski definition) is 0. The van der Waals surface area contributed by atoms with Gasteiger partial charge in [0.05, 0.1) is 30.9 Å². The summed E-state index contributed by atoms with van der Waals surface area (Å²) in [6.07, 6.45) is 1.24. The van der Waals surface area contributed by atoms with Crippen LogP contribution in [0.4, 0.5) is 0 Å². The van der Waals surface area contributed by atoms with Crippen molar-refractivity contribution in [2.75, 3.05) is 14.2 Å². The maximum Gasteiger partial charge on any atom is 0.131 e. The highest BCUT2D eigenvalue weighted by Gasteiger charge is 2.12. The van der Waals surface area contributed by atoms with E-state index in [1.165, 1.54) is 20.3 Å². The zero-order chi connectivity index (χ0) is 11.3. The lowest BCUT2D eigenvalue weighted by Crippen LogP contribution is -1.93. The molecule has 0 aliphatic rings. The molecule has 1 rings (SSSR count). The Bertz CT molecular complexity index is 399. The molecule has 0 saturated heterocycles. The Morgan fingerprint density at radius 1 is 1.33 bits per heavy atom. The Morgan fingerprint density at radius 3 is 2.27 bits per heavy atom. The Labute approximate surface area is 93.5 Å². The summed E-state index contributed by atoms with van der Waals surface area (Å²) in [5.41, 5.74) is 0.589. The first-order valence-corrected chi connectivity index (χ1v) is 4.59. The number of nitrogens with zero attached hydrogens (tertiary/aromatic N) is 1. The van der Waals surface area contributed by atoms with Gasteiger partial charge in [0.2, 0.25) is 0 Å². The molecule has 0 amide bonds. The molecule has 0 saturated carbocycles. The van der Waals surface area contributed by atoms with E-state index in [-0.39, 0.29) is 0 Å². The van der Waals surface area contributed by atoms with Gasteiger partial charge in [-0.3, -0.25) is 0 Å². The van der Waals surface area contributed by atoms with Crippen molar-refractivity contribution in [3.05, 3.63) is 29.8 Å². The molecule has 1 aromatic rings. The van der Waals surface area contributed by atoms with Crippen LogP contribution in [0, 0.1) is 11.3 Å². The molecule has 0 fully saturated rings. The largest absolute Gasteiger partial charge is 0.496 e. The second-order valence-electron chi connectivity index (χ2n) is 2.66. The second kappa shape index (κ2) is 5.28. The Kier molecular flexibility index (Phi) is 4.02. The number of methoxy groups -OCH3 is 2. The first kappa shape index (κ1) is 11.4. The van der Waals surface area contributed by atoms with Crippen molar-refractivity contribution in [2.45, 2.75) is 0 Å². The molecule has 0 N–H and O–H groups in total. The lowest BCUT2D eigenvalue weighted by atomic mass is 10.1. The highest BCUT2D eigenvalue weighted by atomic mass is 35.5. The normalized spacial score (nSPS) is 10.7. The van der Waals surface area contributed by atoms with E-state index in [2.05, 4.69) is 0 Å². The first-order valence-electron chi connectivity index (χ1n) is 4.21. The number of halogens is 1. The van der Waals surface area contributed by atoms with Gasteiger partial charge in [0.15, 0.2) is 0 Å². The molecular formula is C11H10ClNO2. The van der Waals surface area contributed by atoms with E-state index < -0.39 is 0 Å². The standard InChI is InChI=1S/C11H10ClNO2/c1-14-9-4-3-5-10(15-2)11(9)8(12)6-7-13/h3-6H,1-2H3/b8-6-. The van der Waals surface area contributed by atoms with Crippen molar-refractivity contribution in [3.8, 4) is 17.6 Å². The molecule has 4 heteroatoms. The lowest BCUT2D eigenvalue weighted by Gasteiger charge is -2.11. The second-order valence-corrected chi connectivity index (χ2v) is 3.07. The average molecular weight is 224 g/mol. The van der Waals surface area contributed by atoms with E-state index in [1.807, 2.05) is 6.07 Å². The van der Waals surface area contributed by atoms with Crippen LogP contribution in [-0.2, 0) is 0 Å². The van der Waals surface area contributed by atoms with Gasteiger partial charge in [-0.25, -0.2) is 0 Å². The van der Waals surface area contributed by atoms with Crippen molar-refractivity contribution < 1.29 is 9.47 Å². The summed E-state index contributed by atoms with van der Waals surface area (Å²) in [4.78, 5) is 0. The number of benzene rings is 1. The summed E-state index contributed by atoms with van der Waals surface area (Å²) >= 11 is 5.95. The summed E-state index contributed by atoms with van der Waals surface area (Å²) in [5.74, 6) is 1.15. The van der Waals surface area contributed by atoms with Crippen molar-refractivity contribution in [1.29, 1.82) is 5.26 Å². The highest BCUT2D eigenvalue weighted by Crippen LogP contribution is 2.36. The van der Waals surface area contributed by atoms with Gasteiger partial charge in [0.1, 0.15) is 11.5 Å². The van der Waals surface area contributed by atoms with Crippen LogP contribution < -0.4 is 9.47 Å². The Morgan fingerprint density at radius 2 is 1.87 bits per heavy atom. The fraction of sp³-hybridized carbons (Fsp3) is 0.182. The number of rotatable bonds is 3. The molecule has 3 nitrogen and oxygen atoms in total. The van der Waals surface area contributed by atoms with Gasteiger partial charge in [-0.15, -0.1) is 0 Å². The van der Waals surface area contributed by atoms with Crippen LogP contribution >= 0.6 is 11.6 Å². The minimum Gasteiger partial charge on any atom is -0.496 e. The van der Waals surface area contributed by atoms with Gasteiger partial charge in [-0.2, -0.15) is 5.26 Å². The average Bonchev–Trinajstić information content (AvgIpc) is 2.28. The molecule has 0 heterocycles. The maximum atomic E-state index is 8.53. The first-order chi connectivity index (χ1) is 7.24. The van der Waals surface area contributed by atoms with E-state index in [9.17, 15) is 0 Å². The van der Waals surface area contributed by atoms with Crippen LogP contribution in [0.1, 0.15) is 5.56 Å². The number of hydrogen-bond acceptors (Lipinski definition) is 3. The van der Waals surface area contributed by atoms with Gasteiger partial charge in [-0.05, 0) is 12.1 Å². The van der Waals surface area contributed by atoms with Gasteiger partial charge in [-0.1, -0.05) is 17.7 Å². The third-order valence-corrected chi connectivity index (χ3v) is 2.16. The zero-order valence-corrected chi connectivity index (χ0v) is 9.21. The molecule has 1 aromatic carbocycles. The lowest BCUT2D eigenvalue weighted by molar-refractivity contribution is 0.392. The van der Waals surface area contributed by atoms with Crippen LogP contribution in [0.2, 0.25) is 0 Å². The molecule has 0 aliphatic carbocycles. The fourth-order valence-corrected chi connectivity index (χ4v) is 1.45. The molecule has 0 atom stereocenters. The van der Waals surface area contributed by atoms with Gasteiger partial charge < -0.3 is 9.47 Å². The van der Waals surface area contributed by atoms with E-state index >= 15 is 0 Å². The quantitative estimate of drug-likeness (QED) is 0.740. The summed E-state index contributed by atoms with van der Waals surface area (Å²) in [6, 6.07) is 7.16. The van der Waals surface area contributed by atoms with E-state index in [1.54, 1.807) is 18.2 Å². The van der Waals surface area contributed by atoms with Crippen LogP contribution in [0.5, 0.6) is 11.5 Å². The molecule has 0 unspecified atom stereocenters. The monoisotopic (exact) mass is 223 g/mol. The zero-order valence-electron chi connectivity index (χ0n) is 8.45. The smallest absolute Gasteiger partial charge is 0.131 e.